The standard InChI is InChI=1S/C14H28N2O2/c1-3-8-14(9-7-11-16-14)13(17)15-10-5-4-6-12-18-2/h16H,3-12H2,1-2H3,(H,15,17). The maximum Gasteiger partial charge on any atom is 0.240 e. The normalized spacial score (nSPS) is 23.2. The van der Waals surface area contributed by atoms with Gasteiger partial charge in [0.2, 0.25) is 5.91 Å². The zero-order valence-electron chi connectivity index (χ0n) is 11.9. The third-order valence-corrected chi connectivity index (χ3v) is 3.67. The summed E-state index contributed by atoms with van der Waals surface area (Å²) in [4.78, 5) is 12.2. The molecule has 0 spiro atoms. The van der Waals surface area contributed by atoms with Crippen LogP contribution in [0.5, 0.6) is 0 Å². The van der Waals surface area contributed by atoms with Gasteiger partial charge >= 0.3 is 0 Å². The van der Waals surface area contributed by atoms with E-state index in [1.54, 1.807) is 7.11 Å². The van der Waals surface area contributed by atoms with Crippen LogP contribution in [0.1, 0.15) is 51.9 Å². The Labute approximate surface area is 111 Å². The van der Waals surface area contributed by atoms with Crippen molar-refractivity contribution in [3.63, 3.8) is 0 Å². The number of amides is 1. The highest BCUT2D eigenvalue weighted by Gasteiger charge is 2.39. The van der Waals surface area contributed by atoms with Gasteiger partial charge in [-0.3, -0.25) is 4.79 Å². The summed E-state index contributed by atoms with van der Waals surface area (Å²) >= 11 is 0. The van der Waals surface area contributed by atoms with E-state index >= 15 is 0 Å². The van der Waals surface area contributed by atoms with Crippen LogP contribution >= 0.6 is 0 Å². The molecule has 1 unspecified atom stereocenters. The summed E-state index contributed by atoms with van der Waals surface area (Å²) in [6.45, 7) is 4.71. The van der Waals surface area contributed by atoms with E-state index in [-0.39, 0.29) is 11.4 Å². The predicted octanol–water partition coefficient (Wildman–Crippen LogP) is 1.84. The third kappa shape index (κ3) is 4.58. The molecule has 1 fully saturated rings. The van der Waals surface area contributed by atoms with Gasteiger partial charge in [0.25, 0.3) is 0 Å². The molecular formula is C14H28N2O2. The summed E-state index contributed by atoms with van der Waals surface area (Å²) in [6, 6.07) is 0. The van der Waals surface area contributed by atoms with Crippen LogP contribution in [0.25, 0.3) is 0 Å². The van der Waals surface area contributed by atoms with Crippen LogP contribution in [-0.4, -0.2) is 38.3 Å². The zero-order valence-corrected chi connectivity index (χ0v) is 11.9. The fraction of sp³-hybridized carbons (Fsp3) is 0.929. The summed E-state index contributed by atoms with van der Waals surface area (Å²) in [7, 11) is 1.72. The molecule has 0 bridgehead atoms. The van der Waals surface area contributed by atoms with Gasteiger partial charge in [0.15, 0.2) is 0 Å². The molecule has 0 aromatic heterocycles. The Kier molecular flexibility index (Phi) is 7.28. The molecule has 1 aliphatic rings. The lowest BCUT2D eigenvalue weighted by Gasteiger charge is -2.27. The second-order valence-corrected chi connectivity index (χ2v) is 5.17. The van der Waals surface area contributed by atoms with E-state index in [4.69, 9.17) is 4.74 Å². The topological polar surface area (TPSA) is 50.4 Å². The minimum absolute atomic E-state index is 0.202. The Hall–Kier alpha value is -0.610. The molecule has 0 saturated carbocycles. The second kappa shape index (κ2) is 8.48. The molecule has 2 N–H and O–H groups in total. The molecule has 0 aromatic rings. The first kappa shape index (κ1) is 15.4. The second-order valence-electron chi connectivity index (χ2n) is 5.17. The number of methoxy groups -OCH3 is 1. The van der Waals surface area contributed by atoms with Crippen molar-refractivity contribution in [1.82, 2.24) is 10.6 Å². The van der Waals surface area contributed by atoms with Crippen molar-refractivity contribution in [3.05, 3.63) is 0 Å². The van der Waals surface area contributed by atoms with Gasteiger partial charge in [0.1, 0.15) is 0 Å². The van der Waals surface area contributed by atoms with Gasteiger partial charge in [-0.2, -0.15) is 0 Å². The molecule has 1 saturated heterocycles. The molecule has 0 radical (unpaired) electrons. The minimum Gasteiger partial charge on any atom is -0.385 e. The molecule has 1 aliphatic heterocycles. The van der Waals surface area contributed by atoms with Crippen LogP contribution < -0.4 is 10.6 Å². The summed E-state index contributed by atoms with van der Waals surface area (Å²) in [6.07, 6.45) is 7.32. The van der Waals surface area contributed by atoms with Gasteiger partial charge in [0.05, 0.1) is 5.54 Å². The van der Waals surface area contributed by atoms with Crippen molar-refractivity contribution in [2.45, 2.75) is 57.4 Å². The van der Waals surface area contributed by atoms with Crippen LogP contribution in [0.15, 0.2) is 0 Å². The molecule has 106 valence electrons. The van der Waals surface area contributed by atoms with Crippen LogP contribution in [0, 0.1) is 0 Å². The largest absolute Gasteiger partial charge is 0.385 e. The van der Waals surface area contributed by atoms with Crippen molar-refractivity contribution in [3.8, 4) is 0 Å². The van der Waals surface area contributed by atoms with Crippen molar-refractivity contribution in [2.75, 3.05) is 26.8 Å². The lowest BCUT2D eigenvalue weighted by atomic mass is 9.91. The number of carbonyl (C=O) groups excluding carboxylic acids is 1. The molecule has 0 aromatic carbocycles. The van der Waals surface area contributed by atoms with Crippen LogP contribution in [0.3, 0.4) is 0 Å². The van der Waals surface area contributed by atoms with E-state index in [2.05, 4.69) is 17.6 Å². The van der Waals surface area contributed by atoms with E-state index in [0.717, 1.165) is 64.6 Å². The van der Waals surface area contributed by atoms with Crippen LogP contribution in [0.2, 0.25) is 0 Å². The van der Waals surface area contributed by atoms with Gasteiger partial charge in [-0.25, -0.2) is 0 Å². The minimum atomic E-state index is -0.277. The van der Waals surface area contributed by atoms with E-state index in [9.17, 15) is 4.79 Å². The van der Waals surface area contributed by atoms with Gasteiger partial charge in [-0.15, -0.1) is 0 Å². The lowest BCUT2D eigenvalue weighted by Crippen LogP contribution is -2.53. The van der Waals surface area contributed by atoms with Crippen molar-refractivity contribution >= 4 is 5.91 Å². The van der Waals surface area contributed by atoms with Crippen molar-refractivity contribution in [1.29, 1.82) is 0 Å². The Morgan fingerprint density at radius 1 is 1.39 bits per heavy atom. The van der Waals surface area contributed by atoms with Gasteiger partial charge in [-0.05, 0) is 45.1 Å². The van der Waals surface area contributed by atoms with Crippen LogP contribution in [0.4, 0.5) is 0 Å². The number of nitrogens with one attached hydrogen (secondary N) is 2. The van der Waals surface area contributed by atoms with E-state index in [0.29, 0.717) is 0 Å². The highest BCUT2D eigenvalue weighted by atomic mass is 16.5. The maximum absolute atomic E-state index is 12.2. The van der Waals surface area contributed by atoms with E-state index < -0.39 is 0 Å². The lowest BCUT2D eigenvalue weighted by molar-refractivity contribution is -0.127. The number of hydrogen-bond donors (Lipinski definition) is 2. The Morgan fingerprint density at radius 2 is 2.22 bits per heavy atom. The maximum atomic E-state index is 12.2. The van der Waals surface area contributed by atoms with E-state index in [1.165, 1.54) is 0 Å². The quantitative estimate of drug-likeness (QED) is 0.619. The Bertz CT molecular complexity index is 238. The Morgan fingerprint density at radius 3 is 2.83 bits per heavy atom. The zero-order chi connectivity index (χ0) is 13.3. The molecule has 1 amide bonds. The molecule has 1 atom stereocenters. The first-order valence-electron chi connectivity index (χ1n) is 7.27. The van der Waals surface area contributed by atoms with Crippen molar-refractivity contribution in [2.24, 2.45) is 0 Å². The van der Waals surface area contributed by atoms with Crippen molar-refractivity contribution < 1.29 is 9.53 Å². The van der Waals surface area contributed by atoms with Crippen LogP contribution in [-0.2, 0) is 9.53 Å². The molecule has 18 heavy (non-hydrogen) atoms. The number of carbonyl (C=O) groups is 1. The summed E-state index contributed by atoms with van der Waals surface area (Å²) < 4.78 is 5.00. The van der Waals surface area contributed by atoms with E-state index in [1.807, 2.05) is 0 Å². The summed E-state index contributed by atoms with van der Waals surface area (Å²) in [5.41, 5.74) is -0.277. The fourth-order valence-electron chi connectivity index (χ4n) is 2.67. The molecule has 1 heterocycles. The average Bonchev–Trinajstić information content (AvgIpc) is 2.83. The molecule has 1 rings (SSSR count). The number of ether oxygens (including phenoxy) is 1. The molecular weight excluding hydrogens is 228 g/mol. The molecule has 4 nitrogen and oxygen atoms in total. The third-order valence-electron chi connectivity index (χ3n) is 3.67. The highest BCUT2D eigenvalue weighted by Crippen LogP contribution is 2.24. The SMILES string of the molecule is CCCC1(C(=O)NCCCCCOC)CCCN1. The Balaban J connectivity index is 2.21. The monoisotopic (exact) mass is 256 g/mol. The first-order valence-corrected chi connectivity index (χ1v) is 7.27. The van der Waals surface area contributed by atoms with Gasteiger partial charge in [0, 0.05) is 20.3 Å². The summed E-state index contributed by atoms with van der Waals surface area (Å²) in [5.74, 6) is 0.202. The first-order chi connectivity index (χ1) is 8.75. The highest BCUT2D eigenvalue weighted by molar-refractivity contribution is 5.86. The van der Waals surface area contributed by atoms with Gasteiger partial charge in [-0.1, -0.05) is 13.3 Å². The smallest absolute Gasteiger partial charge is 0.240 e. The molecule has 4 heteroatoms. The van der Waals surface area contributed by atoms with Gasteiger partial charge < -0.3 is 15.4 Å². The predicted molar refractivity (Wildman–Crippen MR) is 73.6 cm³/mol. The molecule has 0 aliphatic carbocycles. The number of unbranched alkanes of at least 4 members (excludes halogenated alkanes) is 2. The average molecular weight is 256 g/mol. The number of hydrogen-bond acceptors (Lipinski definition) is 3. The summed E-state index contributed by atoms with van der Waals surface area (Å²) in [5, 5.41) is 6.48. The fourth-order valence-corrected chi connectivity index (χ4v) is 2.67. The number of rotatable bonds is 9.